The van der Waals surface area contributed by atoms with Gasteiger partial charge in [0.15, 0.2) is 0 Å². The predicted molar refractivity (Wildman–Crippen MR) is 150 cm³/mol. The molecular weight excluding hydrogens is 567 g/mol. The van der Waals surface area contributed by atoms with E-state index in [0.717, 1.165) is 0 Å². The van der Waals surface area contributed by atoms with Gasteiger partial charge >= 0.3 is 0 Å². The maximum absolute atomic E-state index is 13.0. The summed E-state index contributed by atoms with van der Waals surface area (Å²) in [6.07, 6.45) is 2.67. The second kappa shape index (κ2) is 12.8. The van der Waals surface area contributed by atoms with Gasteiger partial charge in [-0.15, -0.1) is 0 Å². The summed E-state index contributed by atoms with van der Waals surface area (Å²) in [4.78, 5) is 54.5. The van der Waals surface area contributed by atoms with Crippen LogP contribution in [-0.4, -0.2) is 64.1 Å². The van der Waals surface area contributed by atoms with Gasteiger partial charge in [0, 0.05) is 27.9 Å². The smallest absolute Gasteiger partial charge is 0.268 e. The second-order valence-corrected chi connectivity index (χ2v) is 11.5. The van der Waals surface area contributed by atoms with Crippen molar-refractivity contribution in [3.05, 3.63) is 82.0 Å². The van der Waals surface area contributed by atoms with Crippen LogP contribution in [0.5, 0.6) is 0 Å². The van der Waals surface area contributed by atoms with Gasteiger partial charge in [0.05, 0.1) is 39.1 Å². The molecule has 14 heteroatoms. The molecule has 3 rings (SSSR count). The third-order valence-corrected chi connectivity index (χ3v) is 7.26. The van der Waals surface area contributed by atoms with E-state index in [1.54, 1.807) is 6.07 Å². The fraction of sp³-hybridized carbons (Fsp3) is 0.160. The molecule has 0 spiro atoms. The Labute approximate surface area is 234 Å². The summed E-state index contributed by atoms with van der Waals surface area (Å²) in [6.45, 7) is -0.385. The van der Waals surface area contributed by atoms with Crippen LogP contribution in [0.3, 0.4) is 0 Å². The topological polar surface area (TPSA) is 164 Å². The van der Waals surface area contributed by atoms with Crippen molar-refractivity contribution in [1.29, 1.82) is 0 Å². The van der Waals surface area contributed by atoms with E-state index in [1.165, 1.54) is 72.9 Å². The monoisotopic (exact) mass is 590 g/mol. The Morgan fingerprint density at radius 3 is 2.23 bits per heavy atom. The second-order valence-electron chi connectivity index (χ2n) is 8.41. The molecule has 204 valence electrons. The van der Waals surface area contributed by atoms with Crippen molar-refractivity contribution in [2.24, 2.45) is 10.1 Å². The van der Waals surface area contributed by atoms with Gasteiger partial charge in [-0.05, 0) is 61.6 Å². The van der Waals surface area contributed by atoms with E-state index in [4.69, 9.17) is 28.9 Å². The van der Waals surface area contributed by atoms with Crippen molar-refractivity contribution in [1.82, 2.24) is 9.88 Å². The summed E-state index contributed by atoms with van der Waals surface area (Å²) in [5, 5.41) is 5.96. The Hall–Kier alpha value is -3.84. The number of anilines is 2. The zero-order valence-corrected chi connectivity index (χ0v) is 23.1. The molecule has 1 aromatic heterocycles. The molecule has 4 N–H and O–H groups in total. The van der Waals surface area contributed by atoms with Crippen LogP contribution in [0.25, 0.3) is 0 Å². The van der Waals surface area contributed by atoms with Crippen LogP contribution < -0.4 is 16.4 Å². The highest BCUT2D eigenvalue weighted by molar-refractivity contribution is 7.93. The number of benzene rings is 2. The minimum Gasteiger partial charge on any atom is -0.369 e. The quantitative estimate of drug-likeness (QED) is 0.344. The average molecular weight is 591 g/mol. The standard InChI is InChI=1S/C25H24Cl2N6O5S/c1-33(13-21(28)34)14-23(35)32-39(2,38)18-7-3-15(4-8-18)24(36)30-20-9-5-16(26)11-19(20)25(37)31-22-10-6-17(27)12-29-22/h3-12H,13-14H2,1-2H3,(H2,28,34)(H,30,36)(H,29,31,37). The van der Waals surface area contributed by atoms with Gasteiger partial charge < -0.3 is 16.4 Å². The maximum atomic E-state index is 13.0. The van der Waals surface area contributed by atoms with Crippen LogP contribution in [0.2, 0.25) is 10.0 Å². The van der Waals surface area contributed by atoms with Gasteiger partial charge in [0.1, 0.15) is 5.82 Å². The van der Waals surface area contributed by atoms with Gasteiger partial charge in [-0.3, -0.25) is 24.1 Å². The van der Waals surface area contributed by atoms with Crippen LogP contribution in [0.1, 0.15) is 20.7 Å². The molecule has 0 fully saturated rings. The van der Waals surface area contributed by atoms with Gasteiger partial charge in [0.25, 0.3) is 17.7 Å². The van der Waals surface area contributed by atoms with Crippen LogP contribution in [0.15, 0.2) is 70.1 Å². The highest BCUT2D eigenvalue weighted by atomic mass is 35.5. The van der Waals surface area contributed by atoms with E-state index >= 15 is 0 Å². The molecule has 1 atom stereocenters. The number of nitrogens with one attached hydrogen (secondary N) is 2. The third kappa shape index (κ3) is 8.58. The summed E-state index contributed by atoms with van der Waals surface area (Å²) in [6, 6.07) is 13.2. The summed E-state index contributed by atoms with van der Waals surface area (Å²) >= 11 is 11.9. The highest BCUT2D eigenvalue weighted by Gasteiger charge is 2.17. The summed E-state index contributed by atoms with van der Waals surface area (Å²) in [5.41, 5.74) is 5.58. The van der Waals surface area contributed by atoms with Crippen molar-refractivity contribution in [2.45, 2.75) is 4.90 Å². The largest absolute Gasteiger partial charge is 0.369 e. The van der Waals surface area contributed by atoms with E-state index < -0.39 is 33.4 Å². The van der Waals surface area contributed by atoms with Crippen molar-refractivity contribution in [2.75, 3.05) is 37.0 Å². The number of rotatable bonds is 9. The molecule has 2 aromatic carbocycles. The molecule has 0 radical (unpaired) electrons. The number of carbonyl (C=O) groups excluding carboxylic acids is 4. The zero-order chi connectivity index (χ0) is 28.7. The third-order valence-electron chi connectivity index (χ3n) is 5.10. The van der Waals surface area contributed by atoms with E-state index in [2.05, 4.69) is 20.0 Å². The van der Waals surface area contributed by atoms with Gasteiger partial charge in [-0.1, -0.05) is 23.2 Å². The molecule has 39 heavy (non-hydrogen) atoms. The number of hydrogen-bond acceptors (Lipinski definition) is 7. The van der Waals surface area contributed by atoms with Crippen molar-refractivity contribution < 1.29 is 23.4 Å². The normalized spacial score (nSPS) is 12.3. The van der Waals surface area contributed by atoms with E-state index in [1.807, 2.05) is 0 Å². The van der Waals surface area contributed by atoms with Gasteiger partial charge in [-0.2, -0.15) is 4.36 Å². The maximum Gasteiger partial charge on any atom is 0.268 e. The van der Waals surface area contributed by atoms with Crippen molar-refractivity contribution >= 4 is 68.1 Å². The summed E-state index contributed by atoms with van der Waals surface area (Å²) in [7, 11) is -1.61. The lowest BCUT2D eigenvalue weighted by atomic mass is 10.1. The highest BCUT2D eigenvalue weighted by Crippen LogP contribution is 2.23. The first kappa shape index (κ1) is 29.7. The van der Waals surface area contributed by atoms with Crippen LogP contribution in [-0.2, 0) is 19.3 Å². The summed E-state index contributed by atoms with van der Waals surface area (Å²) in [5.74, 6) is -2.15. The lowest BCUT2D eigenvalue weighted by Gasteiger charge is -2.13. The number of aromatic nitrogens is 1. The Balaban J connectivity index is 1.75. The van der Waals surface area contributed by atoms with Crippen molar-refractivity contribution in [3.63, 3.8) is 0 Å². The lowest BCUT2D eigenvalue weighted by molar-refractivity contribution is -0.121. The first-order chi connectivity index (χ1) is 18.3. The van der Waals surface area contributed by atoms with Crippen LogP contribution >= 0.6 is 23.2 Å². The number of carbonyl (C=O) groups is 4. The predicted octanol–water partition coefficient (Wildman–Crippen LogP) is 3.29. The molecule has 0 aliphatic rings. The Kier molecular flexibility index (Phi) is 9.76. The first-order valence-corrected chi connectivity index (χ1v) is 13.9. The molecule has 3 aromatic rings. The molecule has 11 nitrogen and oxygen atoms in total. The molecule has 1 heterocycles. The number of nitrogens with two attached hydrogens (primary N) is 1. The molecule has 1 unspecified atom stereocenters. The molecular formula is C25H24Cl2N6O5S. The van der Waals surface area contributed by atoms with Crippen LogP contribution in [0.4, 0.5) is 11.5 Å². The minimum atomic E-state index is -3.12. The molecule has 0 saturated heterocycles. The number of primary amides is 1. The molecule has 0 saturated carbocycles. The number of nitrogens with zero attached hydrogens (tertiary/aromatic N) is 3. The number of amides is 4. The Morgan fingerprint density at radius 2 is 1.62 bits per heavy atom. The fourth-order valence-corrected chi connectivity index (χ4v) is 4.81. The minimum absolute atomic E-state index is 0.0967. The average Bonchev–Trinajstić information content (AvgIpc) is 2.85. The number of likely N-dealkylation sites (N-methyl/N-ethyl adjacent to an activating group) is 1. The van der Waals surface area contributed by atoms with Crippen molar-refractivity contribution in [3.8, 4) is 0 Å². The summed E-state index contributed by atoms with van der Waals surface area (Å²) < 4.78 is 16.8. The number of halogens is 2. The molecule has 0 aliphatic carbocycles. The SMILES string of the molecule is CN(CC(N)=O)CC(=O)N=S(C)(=O)c1ccc(C(=O)Nc2ccc(Cl)cc2C(=O)Nc2ccc(Cl)cn2)cc1. The van der Waals surface area contributed by atoms with Gasteiger partial charge in [-0.25, -0.2) is 9.19 Å². The van der Waals surface area contributed by atoms with E-state index in [9.17, 15) is 23.4 Å². The van der Waals surface area contributed by atoms with Gasteiger partial charge in [0.2, 0.25) is 5.91 Å². The fourth-order valence-electron chi connectivity index (χ4n) is 3.33. The molecule has 4 amide bonds. The van der Waals surface area contributed by atoms with Crippen LogP contribution in [0, 0.1) is 0 Å². The Morgan fingerprint density at radius 1 is 0.949 bits per heavy atom. The Bertz CT molecular complexity index is 1540. The zero-order valence-electron chi connectivity index (χ0n) is 20.8. The first-order valence-electron chi connectivity index (χ1n) is 11.2. The van der Waals surface area contributed by atoms with E-state index in [0.29, 0.717) is 5.02 Å². The lowest BCUT2D eigenvalue weighted by Crippen LogP contribution is -2.34. The molecule has 0 bridgehead atoms. The number of hydrogen-bond donors (Lipinski definition) is 3. The number of pyridine rings is 1. The van der Waals surface area contributed by atoms with E-state index in [-0.39, 0.29) is 45.6 Å². The molecule has 0 aliphatic heterocycles.